The summed E-state index contributed by atoms with van der Waals surface area (Å²) in [7, 11) is 0. The van der Waals surface area contributed by atoms with E-state index < -0.39 is 0 Å². The molecule has 0 aromatic heterocycles. The molecule has 2 heteroatoms. The lowest BCUT2D eigenvalue weighted by molar-refractivity contribution is 0.607. The molecule has 2 atom stereocenters. The van der Waals surface area contributed by atoms with Crippen molar-refractivity contribution in [2.45, 2.75) is 84.7 Å². The Bertz CT molecular complexity index is 961. The van der Waals surface area contributed by atoms with E-state index in [-0.39, 0.29) is 11.1 Å². The van der Waals surface area contributed by atoms with Crippen LogP contribution in [0.25, 0.3) is 11.1 Å². The number of benzene rings is 2. The van der Waals surface area contributed by atoms with Gasteiger partial charge in [-0.05, 0) is 92.5 Å². The molecule has 164 valence electrons. The number of rotatable bonds is 6. The van der Waals surface area contributed by atoms with Crippen LogP contribution in [0.2, 0.25) is 0 Å². The fourth-order valence-electron chi connectivity index (χ4n) is 4.97. The molecule has 2 aliphatic heterocycles. The second-order valence-electron chi connectivity index (χ2n) is 9.77. The van der Waals surface area contributed by atoms with Crippen LogP contribution in [0.3, 0.4) is 0 Å². The second-order valence-corrected chi connectivity index (χ2v) is 9.77. The van der Waals surface area contributed by atoms with Crippen LogP contribution in [0.1, 0.15) is 89.5 Å². The molecule has 2 nitrogen and oxygen atoms in total. The highest BCUT2D eigenvalue weighted by Gasteiger charge is 2.27. The van der Waals surface area contributed by atoms with Gasteiger partial charge in [-0.15, -0.1) is 0 Å². The first kappa shape index (κ1) is 21.7. The Morgan fingerprint density at radius 2 is 1.06 bits per heavy atom. The van der Waals surface area contributed by atoms with Gasteiger partial charge in [0.1, 0.15) is 0 Å². The monoisotopic (exact) mass is 414 g/mol. The maximum absolute atomic E-state index is 3.75. The lowest BCUT2D eigenvalue weighted by Crippen LogP contribution is -2.34. The van der Waals surface area contributed by atoms with E-state index >= 15 is 0 Å². The average Bonchev–Trinajstić information content (AvgIpc) is 2.78. The van der Waals surface area contributed by atoms with E-state index in [1.54, 1.807) is 0 Å². The number of fused-ring (bicyclic) bond motifs is 2. The molecule has 0 aliphatic carbocycles. The Hall–Kier alpha value is -2.48. The highest BCUT2D eigenvalue weighted by Crippen LogP contribution is 2.39. The van der Waals surface area contributed by atoms with Crippen molar-refractivity contribution in [3.8, 4) is 0 Å². The number of nitrogens with one attached hydrogen (secondary N) is 2. The Morgan fingerprint density at radius 3 is 1.42 bits per heavy atom. The maximum Gasteiger partial charge on any atom is 0.0531 e. The van der Waals surface area contributed by atoms with Gasteiger partial charge in [0.25, 0.3) is 0 Å². The third-order valence-corrected chi connectivity index (χ3v) is 7.32. The molecule has 2 unspecified atom stereocenters. The van der Waals surface area contributed by atoms with Crippen molar-refractivity contribution in [1.82, 2.24) is 0 Å². The number of hydrogen-bond acceptors (Lipinski definition) is 2. The van der Waals surface area contributed by atoms with Gasteiger partial charge in [0.2, 0.25) is 0 Å². The molecule has 2 aliphatic rings. The average molecular weight is 415 g/mol. The molecular formula is C29H38N2. The highest BCUT2D eigenvalue weighted by atomic mass is 15.0. The summed E-state index contributed by atoms with van der Waals surface area (Å²) in [6.07, 6.45) is 10.2. The van der Waals surface area contributed by atoms with Crippen LogP contribution in [-0.4, -0.2) is 11.1 Å². The first-order valence-electron chi connectivity index (χ1n) is 12.1. The van der Waals surface area contributed by atoms with Gasteiger partial charge in [0.05, 0.1) is 11.1 Å². The normalized spacial score (nSPS) is 24.3. The van der Waals surface area contributed by atoms with Crippen LogP contribution < -0.4 is 10.6 Å². The van der Waals surface area contributed by atoms with E-state index in [0.717, 1.165) is 32.1 Å². The first-order chi connectivity index (χ1) is 14.8. The lowest BCUT2D eigenvalue weighted by Gasteiger charge is -2.35. The lowest BCUT2D eigenvalue weighted by atomic mass is 9.84. The van der Waals surface area contributed by atoms with Crippen molar-refractivity contribution < 1.29 is 0 Å². The number of hydrogen-bond donors (Lipinski definition) is 2. The summed E-state index contributed by atoms with van der Waals surface area (Å²) < 4.78 is 0. The predicted octanol–water partition coefficient (Wildman–Crippen LogP) is 8.05. The van der Waals surface area contributed by atoms with E-state index in [1.165, 1.54) is 44.8 Å². The number of anilines is 2. The van der Waals surface area contributed by atoms with Crippen molar-refractivity contribution in [1.29, 1.82) is 0 Å². The van der Waals surface area contributed by atoms with Crippen LogP contribution in [0, 0.1) is 0 Å². The van der Waals surface area contributed by atoms with Crippen LogP contribution in [-0.2, 0) is 6.42 Å². The standard InChI is InChI=1S/C29H38N2/c1-7-22-18-28(5,9-3)30-26-13-11-20(16-24(22)26)15-21-12-14-27-25(17-21)23(8-2)19-29(6,10-4)31-27/h11-14,16-19,30-31H,7-10,15H2,1-6H3. The third kappa shape index (κ3) is 4.18. The number of allylic oxidation sites excluding steroid dienone is 2. The molecular weight excluding hydrogens is 376 g/mol. The molecule has 0 amide bonds. The summed E-state index contributed by atoms with van der Waals surface area (Å²) in [5.74, 6) is 0. The molecule has 0 bridgehead atoms. The quantitative estimate of drug-likeness (QED) is 0.499. The van der Waals surface area contributed by atoms with Gasteiger partial charge in [0, 0.05) is 22.5 Å². The van der Waals surface area contributed by atoms with Gasteiger partial charge >= 0.3 is 0 Å². The van der Waals surface area contributed by atoms with Crippen molar-refractivity contribution in [3.63, 3.8) is 0 Å². The zero-order valence-electron chi connectivity index (χ0n) is 20.2. The summed E-state index contributed by atoms with van der Waals surface area (Å²) in [5.41, 5.74) is 11.1. The summed E-state index contributed by atoms with van der Waals surface area (Å²) in [5, 5.41) is 7.51. The third-order valence-electron chi connectivity index (χ3n) is 7.32. The molecule has 2 aromatic carbocycles. The first-order valence-corrected chi connectivity index (χ1v) is 12.1. The Balaban J connectivity index is 1.64. The van der Waals surface area contributed by atoms with Crippen LogP contribution >= 0.6 is 0 Å². The van der Waals surface area contributed by atoms with Crippen LogP contribution in [0.4, 0.5) is 11.4 Å². The Kier molecular flexibility index (Phi) is 5.77. The van der Waals surface area contributed by atoms with E-state index in [0.29, 0.717) is 0 Å². The topological polar surface area (TPSA) is 24.1 Å². The molecule has 0 fully saturated rings. The minimum atomic E-state index is 0.0568. The molecule has 31 heavy (non-hydrogen) atoms. The van der Waals surface area contributed by atoms with Gasteiger partial charge in [0.15, 0.2) is 0 Å². The fourth-order valence-corrected chi connectivity index (χ4v) is 4.97. The van der Waals surface area contributed by atoms with E-state index in [2.05, 4.69) is 101 Å². The van der Waals surface area contributed by atoms with Gasteiger partial charge in [-0.1, -0.05) is 52.0 Å². The minimum absolute atomic E-state index is 0.0568. The molecule has 2 N–H and O–H groups in total. The van der Waals surface area contributed by atoms with Crippen molar-refractivity contribution in [2.24, 2.45) is 0 Å². The SMILES string of the molecule is CCC1=CC(C)(CC)Nc2ccc(Cc3ccc4c(c3)C(CC)=CC(C)(CC)N4)cc21. The van der Waals surface area contributed by atoms with Crippen molar-refractivity contribution in [2.75, 3.05) is 10.6 Å². The summed E-state index contributed by atoms with van der Waals surface area (Å²) in [4.78, 5) is 0. The summed E-state index contributed by atoms with van der Waals surface area (Å²) >= 11 is 0. The predicted molar refractivity (Wildman–Crippen MR) is 137 cm³/mol. The van der Waals surface area contributed by atoms with E-state index in [4.69, 9.17) is 0 Å². The van der Waals surface area contributed by atoms with E-state index in [9.17, 15) is 0 Å². The van der Waals surface area contributed by atoms with Crippen LogP contribution in [0.5, 0.6) is 0 Å². The van der Waals surface area contributed by atoms with Gasteiger partial charge in [-0.2, -0.15) is 0 Å². The Labute approximate surface area is 188 Å². The Morgan fingerprint density at radius 1 is 0.645 bits per heavy atom. The minimum Gasteiger partial charge on any atom is -0.376 e. The molecule has 0 saturated carbocycles. The largest absolute Gasteiger partial charge is 0.376 e. The fraction of sp³-hybridized carbons (Fsp3) is 0.448. The van der Waals surface area contributed by atoms with Gasteiger partial charge < -0.3 is 10.6 Å². The maximum atomic E-state index is 3.75. The van der Waals surface area contributed by atoms with Crippen molar-refractivity contribution >= 4 is 22.5 Å². The molecule has 2 aromatic rings. The van der Waals surface area contributed by atoms with Crippen LogP contribution in [0.15, 0.2) is 48.6 Å². The van der Waals surface area contributed by atoms with Gasteiger partial charge in [-0.25, -0.2) is 0 Å². The molecule has 0 saturated heterocycles. The second kappa shape index (κ2) is 8.22. The summed E-state index contributed by atoms with van der Waals surface area (Å²) in [6, 6.07) is 14.0. The highest BCUT2D eigenvalue weighted by molar-refractivity contribution is 5.83. The van der Waals surface area contributed by atoms with Gasteiger partial charge in [-0.3, -0.25) is 0 Å². The molecule has 0 spiro atoms. The molecule has 4 rings (SSSR count). The molecule has 2 heterocycles. The van der Waals surface area contributed by atoms with Crippen molar-refractivity contribution in [3.05, 3.63) is 70.8 Å². The zero-order valence-corrected chi connectivity index (χ0v) is 20.2. The molecule has 0 radical (unpaired) electrons. The summed E-state index contributed by atoms with van der Waals surface area (Å²) in [6.45, 7) is 13.6. The zero-order chi connectivity index (χ0) is 22.2. The van der Waals surface area contributed by atoms with E-state index in [1.807, 2.05) is 0 Å². The smallest absolute Gasteiger partial charge is 0.0531 e.